The fourth-order valence-corrected chi connectivity index (χ4v) is 1.96. The number of rotatable bonds is 1. The summed E-state index contributed by atoms with van der Waals surface area (Å²) in [6.45, 7) is 1.97. The first-order valence-corrected chi connectivity index (χ1v) is 5.07. The summed E-state index contributed by atoms with van der Waals surface area (Å²) in [5.74, 6) is -0.221. The maximum Gasteiger partial charge on any atom is 0.133 e. The summed E-state index contributed by atoms with van der Waals surface area (Å²) in [6.07, 6.45) is 1.86. The molecule has 0 saturated heterocycles. The highest BCUT2D eigenvalue weighted by Crippen LogP contribution is 2.29. The van der Waals surface area contributed by atoms with Crippen molar-refractivity contribution in [3.05, 3.63) is 46.3 Å². The number of halogens is 2. The van der Waals surface area contributed by atoms with Crippen molar-refractivity contribution in [3.63, 3.8) is 0 Å². The van der Waals surface area contributed by atoms with E-state index in [0.29, 0.717) is 5.56 Å². The molecule has 0 atom stereocenters. The second-order valence-corrected chi connectivity index (χ2v) is 4.04. The summed E-state index contributed by atoms with van der Waals surface area (Å²) in [5.41, 5.74) is 2.48. The number of aryl methyl sites for hydroxylation is 1. The lowest BCUT2D eigenvalue weighted by atomic mass is 10.1. The molecule has 1 heterocycles. The van der Waals surface area contributed by atoms with Crippen LogP contribution in [0.1, 0.15) is 5.56 Å². The Morgan fingerprint density at radius 2 is 2.14 bits per heavy atom. The van der Waals surface area contributed by atoms with E-state index in [9.17, 15) is 4.39 Å². The van der Waals surface area contributed by atoms with Crippen molar-refractivity contribution in [2.24, 2.45) is 0 Å². The van der Waals surface area contributed by atoms with Crippen LogP contribution in [0.2, 0.25) is 0 Å². The summed E-state index contributed by atoms with van der Waals surface area (Å²) < 4.78 is 14.3. The second-order valence-electron chi connectivity index (χ2n) is 3.19. The molecule has 0 fully saturated rings. The second kappa shape index (κ2) is 3.58. The average Bonchev–Trinajstić information content (AvgIpc) is 2.51. The summed E-state index contributed by atoms with van der Waals surface area (Å²) in [7, 11) is 0. The van der Waals surface area contributed by atoms with Gasteiger partial charge in [-0.15, -0.1) is 0 Å². The molecule has 0 aliphatic rings. The van der Waals surface area contributed by atoms with Crippen molar-refractivity contribution < 1.29 is 4.39 Å². The van der Waals surface area contributed by atoms with Gasteiger partial charge in [-0.25, -0.2) is 4.39 Å². The molecular formula is C11H9BrFN. The van der Waals surface area contributed by atoms with Crippen LogP contribution in [0.5, 0.6) is 0 Å². The van der Waals surface area contributed by atoms with Crippen molar-refractivity contribution in [2.75, 3.05) is 0 Å². The number of aromatic nitrogens is 1. The molecule has 1 aromatic carbocycles. The topological polar surface area (TPSA) is 15.8 Å². The Labute approximate surface area is 90.1 Å². The van der Waals surface area contributed by atoms with Gasteiger partial charge in [0.05, 0.1) is 0 Å². The smallest absolute Gasteiger partial charge is 0.133 e. The summed E-state index contributed by atoms with van der Waals surface area (Å²) in [4.78, 5) is 3.03. The third-order valence-corrected chi connectivity index (χ3v) is 2.72. The molecule has 72 valence electrons. The molecule has 0 spiro atoms. The average molecular weight is 254 g/mol. The number of benzene rings is 1. The van der Waals surface area contributed by atoms with Gasteiger partial charge in [0, 0.05) is 21.9 Å². The largest absolute Gasteiger partial charge is 0.361 e. The highest BCUT2D eigenvalue weighted by Gasteiger charge is 2.09. The first kappa shape index (κ1) is 9.46. The van der Waals surface area contributed by atoms with E-state index in [2.05, 4.69) is 20.9 Å². The molecule has 1 nitrogen and oxygen atoms in total. The minimum atomic E-state index is -0.221. The maximum absolute atomic E-state index is 13.5. The lowest BCUT2D eigenvalue weighted by Crippen LogP contribution is -1.85. The standard InChI is InChI=1S/C11H9BrFN/c1-7-5-10(14-6-7)11-8(12)3-2-4-9(11)13/h2-6,14H,1H3. The molecule has 2 rings (SSSR count). The van der Waals surface area contributed by atoms with Crippen molar-refractivity contribution in [1.29, 1.82) is 0 Å². The van der Waals surface area contributed by atoms with Crippen LogP contribution < -0.4 is 0 Å². The quantitative estimate of drug-likeness (QED) is 0.794. The first-order chi connectivity index (χ1) is 6.68. The summed E-state index contributed by atoms with van der Waals surface area (Å²) >= 11 is 3.33. The van der Waals surface area contributed by atoms with Crippen LogP contribution in [0.4, 0.5) is 4.39 Å². The number of nitrogens with one attached hydrogen (secondary N) is 1. The van der Waals surface area contributed by atoms with Gasteiger partial charge in [-0.1, -0.05) is 6.07 Å². The van der Waals surface area contributed by atoms with Gasteiger partial charge < -0.3 is 4.98 Å². The highest BCUT2D eigenvalue weighted by atomic mass is 79.9. The highest BCUT2D eigenvalue weighted by molar-refractivity contribution is 9.10. The molecule has 14 heavy (non-hydrogen) atoms. The van der Waals surface area contributed by atoms with E-state index in [-0.39, 0.29) is 5.82 Å². The fourth-order valence-electron chi connectivity index (χ4n) is 1.40. The van der Waals surface area contributed by atoms with Gasteiger partial charge in [0.1, 0.15) is 5.82 Å². The van der Waals surface area contributed by atoms with Gasteiger partial charge in [0.2, 0.25) is 0 Å². The molecule has 1 aromatic heterocycles. The SMILES string of the molecule is Cc1c[nH]c(-c2c(F)cccc2Br)c1. The van der Waals surface area contributed by atoms with Gasteiger partial charge in [0.25, 0.3) is 0 Å². The van der Waals surface area contributed by atoms with Gasteiger partial charge >= 0.3 is 0 Å². The number of H-pyrrole nitrogens is 1. The third kappa shape index (κ3) is 1.60. The minimum Gasteiger partial charge on any atom is -0.361 e. The predicted octanol–water partition coefficient (Wildman–Crippen LogP) is 3.89. The van der Waals surface area contributed by atoms with Crippen molar-refractivity contribution >= 4 is 15.9 Å². The van der Waals surface area contributed by atoms with E-state index in [1.807, 2.05) is 25.3 Å². The van der Waals surface area contributed by atoms with Gasteiger partial charge in [-0.05, 0) is 46.6 Å². The Balaban J connectivity index is 2.61. The molecule has 0 radical (unpaired) electrons. The van der Waals surface area contributed by atoms with E-state index in [0.717, 1.165) is 15.7 Å². The lowest BCUT2D eigenvalue weighted by Gasteiger charge is -2.02. The van der Waals surface area contributed by atoms with Crippen LogP contribution in [0.3, 0.4) is 0 Å². The molecule has 0 amide bonds. The Hall–Kier alpha value is -1.09. The molecule has 0 aliphatic heterocycles. The number of hydrogen-bond donors (Lipinski definition) is 1. The third-order valence-electron chi connectivity index (χ3n) is 2.06. The molecule has 1 N–H and O–H groups in total. The number of aromatic amines is 1. The van der Waals surface area contributed by atoms with E-state index in [1.54, 1.807) is 6.07 Å². The van der Waals surface area contributed by atoms with Crippen molar-refractivity contribution in [3.8, 4) is 11.3 Å². The molecule has 0 unspecified atom stereocenters. The molecule has 3 heteroatoms. The Morgan fingerprint density at radius 3 is 2.71 bits per heavy atom. The molecule has 0 bridgehead atoms. The maximum atomic E-state index is 13.5. The summed E-state index contributed by atoms with van der Waals surface area (Å²) in [6, 6.07) is 6.88. The van der Waals surface area contributed by atoms with Gasteiger partial charge in [-0.2, -0.15) is 0 Å². The minimum absolute atomic E-state index is 0.221. The lowest BCUT2D eigenvalue weighted by molar-refractivity contribution is 0.630. The first-order valence-electron chi connectivity index (χ1n) is 4.28. The zero-order chi connectivity index (χ0) is 10.1. The molecular weight excluding hydrogens is 245 g/mol. The van der Waals surface area contributed by atoms with Crippen LogP contribution in [-0.2, 0) is 0 Å². The molecule has 0 saturated carbocycles. The van der Waals surface area contributed by atoms with Gasteiger partial charge in [-0.3, -0.25) is 0 Å². The molecule has 2 aromatic rings. The Kier molecular flexibility index (Phi) is 2.42. The Bertz CT molecular complexity index is 442. The van der Waals surface area contributed by atoms with E-state index >= 15 is 0 Å². The zero-order valence-electron chi connectivity index (χ0n) is 7.64. The summed E-state index contributed by atoms with van der Waals surface area (Å²) in [5, 5.41) is 0. The van der Waals surface area contributed by atoms with Crippen molar-refractivity contribution in [2.45, 2.75) is 6.92 Å². The van der Waals surface area contributed by atoms with Gasteiger partial charge in [0.15, 0.2) is 0 Å². The van der Waals surface area contributed by atoms with E-state index < -0.39 is 0 Å². The van der Waals surface area contributed by atoms with Crippen LogP contribution in [0.25, 0.3) is 11.3 Å². The fraction of sp³-hybridized carbons (Fsp3) is 0.0909. The zero-order valence-corrected chi connectivity index (χ0v) is 9.23. The Morgan fingerprint density at radius 1 is 1.36 bits per heavy atom. The predicted molar refractivity (Wildman–Crippen MR) is 58.6 cm³/mol. The van der Waals surface area contributed by atoms with Crippen LogP contribution in [0, 0.1) is 12.7 Å². The van der Waals surface area contributed by atoms with Crippen LogP contribution in [0.15, 0.2) is 34.9 Å². The van der Waals surface area contributed by atoms with E-state index in [1.165, 1.54) is 6.07 Å². The van der Waals surface area contributed by atoms with Crippen molar-refractivity contribution in [1.82, 2.24) is 4.98 Å². The molecule has 0 aliphatic carbocycles. The van der Waals surface area contributed by atoms with Crippen LogP contribution in [-0.4, -0.2) is 4.98 Å². The van der Waals surface area contributed by atoms with E-state index in [4.69, 9.17) is 0 Å². The van der Waals surface area contributed by atoms with Crippen LogP contribution >= 0.6 is 15.9 Å². The monoisotopic (exact) mass is 253 g/mol. The normalized spacial score (nSPS) is 10.5. The number of hydrogen-bond acceptors (Lipinski definition) is 0.